The lowest BCUT2D eigenvalue weighted by Crippen LogP contribution is -2.31. The molecular formula is C20H23NO3. The Kier molecular flexibility index (Phi) is 6.13. The van der Waals surface area contributed by atoms with E-state index in [0.717, 1.165) is 16.7 Å². The number of aryl methyl sites for hydroxylation is 2. The van der Waals surface area contributed by atoms with Gasteiger partial charge in [-0.25, -0.2) is 4.79 Å². The second-order valence-corrected chi connectivity index (χ2v) is 6.01. The average molecular weight is 325 g/mol. The van der Waals surface area contributed by atoms with Crippen LogP contribution in [0.2, 0.25) is 0 Å². The van der Waals surface area contributed by atoms with Gasteiger partial charge >= 0.3 is 5.97 Å². The van der Waals surface area contributed by atoms with Crippen molar-refractivity contribution in [2.24, 2.45) is 0 Å². The molecule has 24 heavy (non-hydrogen) atoms. The molecule has 1 N–H and O–H groups in total. The minimum absolute atomic E-state index is 0.199. The van der Waals surface area contributed by atoms with Crippen LogP contribution in [0.4, 0.5) is 0 Å². The summed E-state index contributed by atoms with van der Waals surface area (Å²) >= 11 is 0. The number of hydrogen-bond donors (Lipinski definition) is 1. The molecule has 1 atom stereocenters. The van der Waals surface area contributed by atoms with E-state index < -0.39 is 5.97 Å². The van der Waals surface area contributed by atoms with Gasteiger partial charge in [0.25, 0.3) is 5.91 Å². The van der Waals surface area contributed by atoms with Crippen molar-refractivity contribution in [1.82, 2.24) is 5.32 Å². The van der Waals surface area contributed by atoms with Gasteiger partial charge in [0.2, 0.25) is 0 Å². The lowest BCUT2D eigenvalue weighted by Gasteiger charge is -2.13. The molecule has 126 valence electrons. The van der Waals surface area contributed by atoms with E-state index in [2.05, 4.69) is 5.32 Å². The molecule has 0 heterocycles. The first-order valence-electron chi connectivity index (χ1n) is 8.03. The number of carbonyl (C=O) groups excluding carboxylic acids is 2. The predicted molar refractivity (Wildman–Crippen MR) is 94.1 cm³/mol. The Labute approximate surface area is 142 Å². The highest BCUT2D eigenvalue weighted by atomic mass is 16.5. The Balaban J connectivity index is 1.79. The highest BCUT2D eigenvalue weighted by Gasteiger charge is 2.13. The van der Waals surface area contributed by atoms with Crippen LogP contribution in [0.25, 0.3) is 0 Å². The van der Waals surface area contributed by atoms with E-state index in [1.54, 1.807) is 6.07 Å². The highest BCUT2D eigenvalue weighted by molar-refractivity contribution is 5.92. The van der Waals surface area contributed by atoms with Gasteiger partial charge < -0.3 is 10.1 Å². The van der Waals surface area contributed by atoms with Crippen molar-refractivity contribution in [3.63, 3.8) is 0 Å². The number of esters is 1. The average Bonchev–Trinajstić information content (AvgIpc) is 2.58. The first-order valence-corrected chi connectivity index (χ1v) is 8.03. The van der Waals surface area contributed by atoms with Crippen LogP contribution in [-0.2, 0) is 9.53 Å². The quantitative estimate of drug-likeness (QED) is 0.828. The fourth-order valence-corrected chi connectivity index (χ4v) is 2.47. The lowest BCUT2D eigenvalue weighted by molar-refractivity contribution is -0.124. The Bertz CT molecular complexity index is 710. The van der Waals surface area contributed by atoms with Crippen molar-refractivity contribution in [1.29, 1.82) is 0 Å². The molecule has 0 aliphatic rings. The number of ether oxygens (including phenoxy) is 1. The minimum Gasteiger partial charge on any atom is -0.452 e. The van der Waals surface area contributed by atoms with E-state index in [4.69, 9.17) is 4.74 Å². The Morgan fingerprint density at radius 3 is 2.46 bits per heavy atom. The first kappa shape index (κ1) is 17.7. The highest BCUT2D eigenvalue weighted by Crippen LogP contribution is 2.13. The standard InChI is InChI=1S/C20H23NO3/c1-14-9-10-18(15(2)11-14)20(23)24-13-19(22)21-12-16(3)17-7-5-4-6-8-17/h4-11,16H,12-13H2,1-3H3,(H,21,22)/t16-/m0/s1. The van der Waals surface area contributed by atoms with E-state index >= 15 is 0 Å². The third-order valence-electron chi connectivity index (χ3n) is 3.91. The molecule has 2 aromatic carbocycles. The van der Waals surface area contributed by atoms with E-state index in [9.17, 15) is 9.59 Å². The Morgan fingerprint density at radius 1 is 1.08 bits per heavy atom. The first-order chi connectivity index (χ1) is 11.5. The fraction of sp³-hybridized carbons (Fsp3) is 0.300. The van der Waals surface area contributed by atoms with Crippen LogP contribution in [0.5, 0.6) is 0 Å². The van der Waals surface area contributed by atoms with Crippen LogP contribution >= 0.6 is 0 Å². The molecule has 4 heteroatoms. The molecule has 0 aliphatic heterocycles. The zero-order valence-electron chi connectivity index (χ0n) is 14.3. The molecule has 0 bridgehead atoms. The largest absolute Gasteiger partial charge is 0.452 e. The summed E-state index contributed by atoms with van der Waals surface area (Å²) in [5, 5.41) is 2.80. The third kappa shape index (κ3) is 4.95. The maximum atomic E-state index is 12.0. The van der Waals surface area contributed by atoms with Gasteiger partial charge in [0.15, 0.2) is 6.61 Å². The SMILES string of the molecule is Cc1ccc(C(=O)OCC(=O)NC[C@H](C)c2ccccc2)c(C)c1. The monoisotopic (exact) mass is 325 g/mol. The number of amides is 1. The summed E-state index contributed by atoms with van der Waals surface area (Å²) in [4.78, 5) is 23.9. The van der Waals surface area contributed by atoms with Gasteiger partial charge in [-0.2, -0.15) is 0 Å². The topological polar surface area (TPSA) is 55.4 Å². The van der Waals surface area contributed by atoms with Gasteiger partial charge in [-0.1, -0.05) is 55.0 Å². The molecule has 0 aliphatic carbocycles. The van der Waals surface area contributed by atoms with Crippen molar-refractivity contribution < 1.29 is 14.3 Å². The van der Waals surface area contributed by atoms with Crippen LogP contribution < -0.4 is 5.32 Å². The molecular weight excluding hydrogens is 302 g/mol. The van der Waals surface area contributed by atoms with E-state index in [0.29, 0.717) is 12.1 Å². The Morgan fingerprint density at radius 2 is 1.79 bits per heavy atom. The summed E-state index contributed by atoms with van der Waals surface area (Å²) in [5.74, 6) is -0.570. The van der Waals surface area contributed by atoms with Gasteiger partial charge in [-0.05, 0) is 37.0 Å². The van der Waals surface area contributed by atoms with Gasteiger partial charge in [0, 0.05) is 6.54 Å². The number of benzene rings is 2. The van der Waals surface area contributed by atoms with Gasteiger partial charge in [-0.3, -0.25) is 4.79 Å². The molecule has 0 fully saturated rings. The summed E-state index contributed by atoms with van der Waals surface area (Å²) in [5.41, 5.74) is 3.57. The smallest absolute Gasteiger partial charge is 0.338 e. The van der Waals surface area contributed by atoms with E-state index in [-0.39, 0.29) is 18.4 Å². The third-order valence-corrected chi connectivity index (χ3v) is 3.91. The molecule has 0 saturated heterocycles. The van der Waals surface area contributed by atoms with E-state index in [1.807, 2.05) is 63.2 Å². The van der Waals surface area contributed by atoms with Crippen molar-refractivity contribution in [2.75, 3.05) is 13.2 Å². The molecule has 2 rings (SSSR count). The molecule has 4 nitrogen and oxygen atoms in total. The van der Waals surface area contributed by atoms with Gasteiger partial charge in [-0.15, -0.1) is 0 Å². The van der Waals surface area contributed by atoms with Crippen molar-refractivity contribution in [3.8, 4) is 0 Å². The van der Waals surface area contributed by atoms with Crippen molar-refractivity contribution in [2.45, 2.75) is 26.7 Å². The summed E-state index contributed by atoms with van der Waals surface area (Å²) in [6, 6.07) is 15.4. The van der Waals surface area contributed by atoms with Gasteiger partial charge in [0.1, 0.15) is 0 Å². The normalized spacial score (nSPS) is 11.6. The maximum Gasteiger partial charge on any atom is 0.338 e. The molecule has 0 radical (unpaired) electrons. The number of rotatable bonds is 6. The number of hydrogen-bond acceptors (Lipinski definition) is 3. The maximum absolute atomic E-state index is 12.0. The van der Waals surface area contributed by atoms with Crippen LogP contribution in [0, 0.1) is 13.8 Å². The molecule has 0 saturated carbocycles. The van der Waals surface area contributed by atoms with Crippen molar-refractivity contribution >= 4 is 11.9 Å². The predicted octanol–water partition coefficient (Wildman–Crippen LogP) is 3.38. The van der Waals surface area contributed by atoms with E-state index in [1.165, 1.54) is 0 Å². The van der Waals surface area contributed by atoms with Crippen LogP contribution in [0.1, 0.15) is 39.9 Å². The molecule has 1 amide bonds. The van der Waals surface area contributed by atoms with Crippen molar-refractivity contribution in [3.05, 3.63) is 70.8 Å². The number of nitrogens with one attached hydrogen (secondary N) is 1. The summed E-state index contributed by atoms with van der Waals surface area (Å²) in [6.07, 6.45) is 0. The zero-order valence-corrected chi connectivity index (χ0v) is 14.3. The minimum atomic E-state index is -0.473. The molecule has 0 aromatic heterocycles. The second kappa shape index (κ2) is 8.29. The van der Waals surface area contributed by atoms with Crippen LogP contribution in [-0.4, -0.2) is 25.0 Å². The van der Waals surface area contributed by atoms with Crippen LogP contribution in [0.15, 0.2) is 48.5 Å². The summed E-state index contributed by atoms with van der Waals surface area (Å²) in [6.45, 7) is 6.09. The molecule has 0 spiro atoms. The van der Waals surface area contributed by atoms with Gasteiger partial charge in [0.05, 0.1) is 5.56 Å². The number of carbonyl (C=O) groups is 2. The second-order valence-electron chi connectivity index (χ2n) is 6.01. The Hall–Kier alpha value is -2.62. The molecule has 0 unspecified atom stereocenters. The summed E-state index contributed by atoms with van der Waals surface area (Å²) < 4.78 is 5.10. The fourth-order valence-electron chi connectivity index (χ4n) is 2.47. The summed E-state index contributed by atoms with van der Waals surface area (Å²) in [7, 11) is 0. The lowest BCUT2D eigenvalue weighted by atomic mass is 10.0. The molecule has 2 aromatic rings. The van der Waals surface area contributed by atoms with Crippen LogP contribution in [0.3, 0.4) is 0 Å². The zero-order chi connectivity index (χ0) is 17.5.